The molecular formula is C14H19N3O5. The van der Waals surface area contributed by atoms with Gasteiger partial charge in [-0.2, -0.15) is 0 Å². The van der Waals surface area contributed by atoms with E-state index in [4.69, 9.17) is 0 Å². The Kier molecular flexibility index (Phi) is 5.44. The Bertz CT molecular complexity index is 593. The minimum atomic E-state index is -0.811. The Balaban J connectivity index is 2.87. The highest BCUT2D eigenvalue weighted by atomic mass is 16.6. The van der Waals surface area contributed by atoms with Crippen LogP contribution in [0.15, 0.2) is 18.2 Å². The van der Waals surface area contributed by atoms with E-state index in [0.29, 0.717) is 5.69 Å². The van der Waals surface area contributed by atoms with E-state index in [-0.39, 0.29) is 29.2 Å². The highest BCUT2D eigenvalue weighted by Crippen LogP contribution is 2.23. The van der Waals surface area contributed by atoms with Gasteiger partial charge < -0.3 is 15.4 Å². The second-order valence-electron chi connectivity index (χ2n) is 5.63. The van der Waals surface area contributed by atoms with Crippen LogP contribution in [0.2, 0.25) is 0 Å². The molecule has 0 heterocycles. The summed E-state index contributed by atoms with van der Waals surface area (Å²) >= 11 is 0. The van der Waals surface area contributed by atoms with Gasteiger partial charge in [-0.05, 0) is 32.9 Å². The molecule has 0 aliphatic rings. The summed E-state index contributed by atoms with van der Waals surface area (Å²) in [5.41, 5.74) is -0.467. The molecule has 22 heavy (non-hydrogen) atoms. The van der Waals surface area contributed by atoms with Crippen LogP contribution in [0, 0.1) is 10.1 Å². The molecule has 1 aromatic rings. The summed E-state index contributed by atoms with van der Waals surface area (Å²) in [6, 6.07) is 3.90. The number of nitrogens with one attached hydrogen (secondary N) is 2. The number of nitro groups is 1. The van der Waals surface area contributed by atoms with Crippen LogP contribution in [0.5, 0.6) is 0 Å². The Morgan fingerprint density at radius 3 is 2.45 bits per heavy atom. The largest absolute Gasteiger partial charge is 0.465 e. The third-order valence-electron chi connectivity index (χ3n) is 2.57. The number of nitro benzene ring substituents is 1. The molecule has 2 N–H and O–H groups in total. The van der Waals surface area contributed by atoms with Crippen LogP contribution in [0.3, 0.4) is 0 Å². The fourth-order valence-electron chi connectivity index (χ4n) is 1.72. The van der Waals surface area contributed by atoms with Crippen molar-refractivity contribution >= 4 is 23.3 Å². The molecular weight excluding hydrogens is 290 g/mol. The number of hydrogen-bond donors (Lipinski definition) is 2. The first-order chi connectivity index (χ1) is 10.1. The quantitative estimate of drug-likeness (QED) is 0.486. The maximum absolute atomic E-state index is 11.7. The molecule has 0 bridgehead atoms. The summed E-state index contributed by atoms with van der Waals surface area (Å²) in [6.07, 6.45) is 0. The Morgan fingerprint density at radius 2 is 1.95 bits per heavy atom. The van der Waals surface area contributed by atoms with Crippen LogP contribution in [0.4, 0.5) is 11.4 Å². The van der Waals surface area contributed by atoms with Crippen LogP contribution in [0.1, 0.15) is 31.1 Å². The maximum atomic E-state index is 11.7. The normalized spacial score (nSPS) is 10.7. The maximum Gasteiger partial charge on any atom is 0.344 e. The number of rotatable bonds is 5. The van der Waals surface area contributed by atoms with Crippen LogP contribution in [-0.4, -0.2) is 36.0 Å². The van der Waals surface area contributed by atoms with Gasteiger partial charge in [0.15, 0.2) is 0 Å². The second-order valence-corrected chi connectivity index (χ2v) is 5.63. The minimum absolute atomic E-state index is 0.0182. The highest BCUT2D eigenvalue weighted by molar-refractivity contribution is 5.95. The van der Waals surface area contributed by atoms with Crippen LogP contribution in [-0.2, 0) is 9.53 Å². The van der Waals surface area contributed by atoms with Gasteiger partial charge in [-0.15, -0.1) is 0 Å². The summed E-state index contributed by atoms with van der Waals surface area (Å²) in [6.45, 7) is 5.54. The molecule has 120 valence electrons. The van der Waals surface area contributed by atoms with Gasteiger partial charge >= 0.3 is 5.97 Å². The van der Waals surface area contributed by atoms with E-state index in [2.05, 4.69) is 15.4 Å². The first kappa shape index (κ1) is 17.4. The molecule has 0 saturated carbocycles. The van der Waals surface area contributed by atoms with Gasteiger partial charge in [0, 0.05) is 17.3 Å². The van der Waals surface area contributed by atoms with E-state index < -0.39 is 10.9 Å². The monoisotopic (exact) mass is 309 g/mol. The van der Waals surface area contributed by atoms with Gasteiger partial charge in [0.25, 0.3) is 5.69 Å². The lowest BCUT2D eigenvalue weighted by Gasteiger charge is -2.20. The van der Waals surface area contributed by atoms with Crippen molar-refractivity contribution in [2.24, 2.45) is 0 Å². The third-order valence-corrected chi connectivity index (χ3v) is 2.57. The Labute approximate surface area is 128 Å². The van der Waals surface area contributed by atoms with Crippen molar-refractivity contribution in [2.45, 2.75) is 26.3 Å². The third kappa shape index (κ3) is 5.04. The van der Waals surface area contributed by atoms with Crippen molar-refractivity contribution in [1.82, 2.24) is 5.32 Å². The number of benzene rings is 1. The standard InChI is InChI=1S/C14H19N3O5/c1-14(2,3)16-12(18)8-15-9-5-6-11(17(20)21)10(7-9)13(19)22-4/h5-7,15H,8H2,1-4H3,(H,16,18). The number of carbonyl (C=O) groups excluding carboxylic acids is 2. The first-order valence-electron chi connectivity index (χ1n) is 6.55. The van der Waals surface area contributed by atoms with E-state index in [1.807, 2.05) is 20.8 Å². The van der Waals surface area contributed by atoms with E-state index in [1.165, 1.54) is 18.2 Å². The zero-order valence-corrected chi connectivity index (χ0v) is 12.9. The van der Waals surface area contributed by atoms with E-state index >= 15 is 0 Å². The van der Waals surface area contributed by atoms with Crippen molar-refractivity contribution in [2.75, 3.05) is 19.0 Å². The van der Waals surface area contributed by atoms with Crippen molar-refractivity contribution in [3.05, 3.63) is 33.9 Å². The van der Waals surface area contributed by atoms with Gasteiger partial charge in [0.1, 0.15) is 5.56 Å². The Hall–Kier alpha value is -2.64. The Morgan fingerprint density at radius 1 is 1.32 bits per heavy atom. The number of esters is 1. The van der Waals surface area contributed by atoms with Crippen molar-refractivity contribution < 1.29 is 19.2 Å². The summed E-state index contributed by atoms with van der Waals surface area (Å²) in [7, 11) is 1.14. The molecule has 0 unspecified atom stereocenters. The average Bonchev–Trinajstić information content (AvgIpc) is 2.42. The molecule has 0 aliphatic heterocycles. The molecule has 0 saturated heterocycles. The van der Waals surface area contributed by atoms with Gasteiger partial charge in [0.05, 0.1) is 18.6 Å². The fourth-order valence-corrected chi connectivity index (χ4v) is 1.72. The summed E-state index contributed by atoms with van der Waals surface area (Å²) in [5.74, 6) is -1.04. The number of carbonyl (C=O) groups is 2. The number of amides is 1. The zero-order valence-electron chi connectivity index (χ0n) is 12.9. The molecule has 0 spiro atoms. The van der Waals surface area contributed by atoms with Gasteiger partial charge in [-0.25, -0.2) is 4.79 Å². The van der Waals surface area contributed by atoms with Crippen molar-refractivity contribution in [3.63, 3.8) is 0 Å². The lowest BCUT2D eigenvalue weighted by Crippen LogP contribution is -2.43. The number of anilines is 1. The first-order valence-corrected chi connectivity index (χ1v) is 6.55. The van der Waals surface area contributed by atoms with Gasteiger partial charge in [0.2, 0.25) is 5.91 Å². The van der Waals surface area contributed by atoms with Crippen molar-refractivity contribution in [1.29, 1.82) is 0 Å². The molecule has 0 aliphatic carbocycles. The summed E-state index contributed by atoms with van der Waals surface area (Å²) < 4.78 is 4.52. The predicted molar refractivity (Wildman–Crippen MR) is 80.8 cm³/mol. The smallest absolute Gasteiger partial charge is 0.344 e. The average molecular weight is 309 g/mol. The molecule has 1 amide bonds. The number of nitrogens with zero attached hydrogens (tertiary/aromatic N) is 1. The zero-order chi connectivity index (χ0) is 16.9. The van der Waals surface area contributed by atoms with E-state index in [0.717, 1.165) is 7.11 Å². The predicted octanol–water partition coefficient (Wildman–Crippen LogP) is 1.71. The lowest BCUT2D eigenvalue weighted by atomic mass is 10.1. The minimum Gasteiger partial charge on any atom is -0.465 e. The molecule has 8 heteroatoms. The summed E-state index contributed by atoms with van der Waals surface area (Å²) in [4.78, 5) is 33.5. The molecule has 0 radical (unpaired) electrons. The van der Waals surface area contributed by atoms with Crippen molar-refractivity contribution in [3.8, 4) is 0 Å². The lowest BCUT2D eigenvalue weighted by molar-refractivity contribution is -0.385. The van der Waals surface area contributed by atoms with Crippen LogP contribution in [0.25, 0.3) is 0 Å². The molecule has 1 aromatic carbocycles. The number of ether oxygens (including phenoxy) is 1. The molecule has 1 rings (SSSR count). The number of methoxy groups -OCH3 is 1. The highest BCUT2D eigenvalue weighted by Gasteiger charge is 2.21. The van der Waals surface area contributed by atoms with Crippen LogP contribution >= 0.6 is 0 Å². The molecule has 8 nitrogen and oxygen atoms in total. The molecule has 0 fully saturated rings. The van der Waals surface area contributed by atoms with Gasteiger partial charge in [-0.3, -0.25) is 14.9 Å². The topological polar surface area (TPSA) is 111 Å². The van der Waals surface area contributed by atoms with E-state index in [9.17, 15) is 19.7 Å². The van der Waals surface area contributed by atoms with Crippen LogP contribution < -0.4 is 10.6 Å². The SMILES string of the molecule is COC(=O)c1cc(NCC(=O)NC(C)(C)C)ccc1[N+](=O)[O-]. The number of hydrogen-bond acceptors (Lipinski definition) is 6. The fraction of sp³-hybridized carbons (Fsp3) is 0.429. The van der Waals surface area contributed by atoms with E-state index in [1.54, 1.807) is 0 Å². The summed E-state index contributed by atoms with van der Waals surface area (Å²) in [5, 5.41) is 16.5. The molecule has 0 atom stereocenters. The second kappa shape index (κ2) is 6.88. The van der Waals surface area contributed by atoms with Gasteiger partial charge in [-0.1, -0.05) is 0 Å². The molecule has 0 aromatic heterocycles.